The zero-order valence-corrected chi connectivity index (χ0v) is 8.45. The van der Waals surface area contributed by atoms with Crippen LogP contribution in [0.5, 0.6) is 0 Å². The van der Waals surface area contributed by atoms with Crippen LogP contribution < -0.4 is 0 Å². The quantitative estimate of drug-likeness (QED) is 0.623. The zero-order chi connectivity index (χ0) is 10.9. The number of nitrogens with zero attached hydrogens (tertiary/aromatic N) is 1. The summed E-state index contributed by atoms with van der Waals surface area (Å²) >= 11 is 0. The molecule has 0 aromatic heterocycles. The minimum atomic E-state index is -2.77. The number of halogens is 2. The third kappa shape index (κ3) is 1.96. The van der Waals surface area contributed by atoms with E-state index in [9.17, 15) is 8.78 Å². The van der Waals surface area contributed by atoms with Crippen molar-refractivity contribution in [3.8, 4) is 0 Å². The van der Waals surface area contributed by atoms with E-state index < -0.39 is 5.92 Å². The molecule has 0 fully saturated rings. The molecule has 0 saturated heterocycles. The molecule has 15 heavy (non-hydrogen) atoms. The SMILES string of the molecule is C[N+]1=CC=C(c2ccccc2)C(F)(F)C1. The number of allylic oxidation sites excluding steroid dienone is 1. The maximum Gasteiger partial charge on any atom is 0.330 e. The third-order valence-corrected chi connectivity index (χ3v) is 2.42. The summed E-state index contributed by atoms with van der Waals surface area (Å²) in [6, 6.07) is 8.77. The minimum Gasteiger partial charge on any atom is -0.232 e. The van der Waals surface area contributed by atoms with Crippen LogP contribution in [0.2, 0.25) is 0 Å². The van der Waals surface area contributed by atoms with Gasteiger partial charge in [0.2, 0.25) is 6.54 Å². The second kappa shape index (κ2) is 3.57. The fourth-order valence-electron chi connectivity index (χ4n) is 1.70. The summed E-state index contributed by atoms with van der Waals surface area (Å²) in [5.41, 5.74) is 0.688. The van der Waals surface area contributed by atoms with Crippen LogP contribution in [0.15, 0.2) is 36.4 Å². The summed E-state index contributed by atoms with van der Waals surface area (Å²) in [4.78, 5) is 0. The van der Waals surface area contributed by atoms with E-state index in [1.54, 1.807) is 37.5 Å². The topological polar surface area (TPSA) is 3.01 Å². The lowest BCUT2D eigenvalue weighted by Crippen LogP contribution is -2.33. The minimum absolute atomic E-state index is 0.0983. The lowest BCUT2D eigenvalue weighted by atomic mass is 9.98. The van der Waals surface area contributed by atoms with Gasteiger partial charge in [0.25, 0.3) is 0 Å². The van der Waals surface area contributed by atoms with Crippen molar-refractivity contribution in [1.82, 2.24) is 0 Å². The molecule has 3 heteroatoms. The normalized spacial score (nSPS) is 19.4. The van der Waals surface area contributed by atoms with Gasteiger partial charge in [-0.3, -0.25) is 0 Å². The molecule has 0 aliphatic carbocycles. The van der Waals surface area contributed by atoms with Crippen molar-refractivity contribution in [2.75, 3.05) is 13.6 Å². The molecular formula is C12H12F2N+. The molecule has 1 aliphatic heterocycles. The molecule has 1 heterocycles. The predicted octanol–water partition coefficient (Wildman–Crippen LogP) is 2.43. The first-order valence-corrected chi connectivity index (χ1v) is 4.79. The van der Waals surface area contributed by atoms with Gasteiger partial charge in [-0.1, -0.05) is 30.3 Å². The third-order valence-electron chi connectivity index (χ3n) is 2.42. The van der Waals surface area contributed by atoms with Crippen molar-refractivity contribution >= 4 is 11.8 Å². The Kier molecular flexibility index (Phi) is 2.39. The fraction of sp³-hybridized carbons (Fsp3) is 0.250. The highest BCUT2D eigenvalue weighted by molar-refractivity contribution is 5.86. The standard InChI is InChI=1S/C12H12F2N/c1-15-8-7-11(12(13,14)9-15)10-5-3-2-4-6-10/h2-8H,9H2,1H3/q+1. The van der Waals surface area contributed by atoms with Crippen LogP contribution in [0.3, 0.4) is 0 Å². The molecule has 78 valence electrons. The van der Waals surface area contributed by atoms with Gasteiger partial charge in [0.05, 0.1) is 0 Å². The first-order valence-electron chi connectivity index (χ1n) is 4.79. The Morgan fingerprint density at radius 3 is 2.47 bits per heavy atom. The van der Waals surface area contributed by atoms with E-state index in [0.29, 0.717) is 5.56 Å². The van der Waals surface area contributed by atoms with Crippen LogP contribution in [0.25, 0.3) is 5.57 Å². The Bertz CT molecular complexity index is 419. The highest BCUT2D eigenvalue weighted by Crippen LogP contribution is 2.33. The van der Waals surface area contributed by atoms with Gasteiger partial charge in [0.1, 0.15) is 7.05 Å². The number of alkyl halides is 2. The molecule has 0 N–H and O–H groups in total. The lowest BCUT2D eigenvalue weighted by molar-refractivity contribution is -0.512. The summed E-state index contributed by atoms with van der Waals surface area (Å²) in [6.45, 7) is -0.256. The Balaban J connectivity index is 2.45. The molecule has 0 unspecified atom stereocenters. The molecule has 0 atom stereocenters. The second-order valence-electron chi connectivity index (χ2n) is 3.72. The number of rotatable bonds is 1. The highest BCUT2D eigenvalue weighted by atomic mass is 19.3. The van der Waals surface area contributed by atoms with Gasteiger partial charge in [0.15, 0.2) is 6.21 Å². The first-order chi connectivity index (χ1) is 7.09. The molecule has 0 amide bonds. The molecule has 2 rings (SSSR count). The molecule has 1 nitrogen and oxygen atoms in total. The van der Waals surface area contributed by atoms with E-state index >= 15 is 0 Å². The van der Waals surface area contributed by atoms with Gasteiger partial charge in [-0.2, -0.15) is 8.78 Å². The highest BCUT2D eigenvalue weighted by Gasteiger charge is 2.41. The average molecular weight is 208 g/mol. The molecule has 0 saturated carbocycles. The van der Waals surface area contributed by atoms with E-state index in [2.05, 4.69) is 0 Å². The largest absolute Gasteiger partial charge is 0.330 e. The fourth-order valence-corrected chi connectivity index (χ4v) is 1.70. The Hall–Kier alpha value is -1.51. The lowest BCUT2D eigenvalue weighted by Gasteiger charge is -2.20. The number of benzene rings is 1. The Morgan fingerprint density at radius 1 is 1.20 bits per heavy atom. The van der Waals surface area contributed by atoms with Gasteiger partial charge in [-0.05, 0) is 5.56 Å². The van der Waals surface area contributed by atoms with E-state index in [4.69, 9.17) is 0 Å². The molecule has 1 aliphatic rings. The summed E-state index contributed by atoms with van der Waals surface area (Å²) in [6.07, 6.45) is 3.17. The molecule has 1 aromatic rings. The van der Waals surface area contributed by atoms with Crippen molar-refractivity contribution in [1.29, 1.82) is 0 Å². The summed E-state index contributed by atoms with van der Waals surface area (Å²) in [5.74, 6) is -2.77. The van der Waals surface area contributed by atoms with Crippen molar-refractivity contribution in [3.05, 3.63) is 42.0 Å². The number of hydrogen-bond acceptors (Lipinski definition) is 0. The van der Waals surface area contributed by atoms with Crippen molar-refractivity contribution in [2.45, 2.75) is 5.92 Å². The Morgan fingerprint density at radius 2 is 1.87 bits per heavy atom. The van der Waals surface area contributed by atoms with Crippen molar-refractivity contribution in [3.63, 3.8) is 0 Å². The van der Waals surface area contributed by atoms with Crippen LogP contribution in [-0.4, -0.2) is 30.3 Å². The Labute approximate surface area is 87.4 Å². The second-order valence-corrected chi connectivity index (χ2v) is 3.72. The molecule has 0 radical (unpaired) electrons. The maximum absolute atomic E-state index is 13.7. The predicted molar refractivity (Wildman–Crippen MR) is 56.5 cm³/mol. The van der Waals surface area contributed by atoms with E-state index in [-0.39, 0.29) is 12.1 Å². The summed E-state index contributed by atoms with van der Waals surface area (Å²) in [7, 11) is 1.65. The summed E-state index contributed by atoms with van der Waals surface area (Å²) < 4.78 is 28.8. The van der Waals surface area contributed by atoms with Crippen molar-refractivity contribution in [2.24, 2.45) is 0 Å². The van der Waals surface area contributed by atoms with Crippen LogP contribution in [0.4, 0.5) is 8.78 Å². The molecular weight excluding hydrogens is 196 g/mol. The van der Waals surface area contributed by atoms with Crippen LogP contribution in [0.1, 0.15) is 5.56 Å². The van der Waals surface area contributed by atoms with Crippen molar-refractivity contribution < 1.29 is 13.4 Å². The van der Waals surface area contributed by atoms with Gasteiger partial charge in [-0.25, -0.2) is 4.58 Å². The van der Waals surface area contributed by atoms with Crippen LogP contribution in [0, 0.1) is 0 Å². The van der Waals surface area contributed by atoms with Gasteiger partial charge >= 0.3 is 5.92 Å². The number of hydrogen-bond donors (Lipinski definition) is 0. The van der Waals surface area contributed by atoms with E-state index in [1.807, 2.05) is 6.07 Å². The molecule has 0 spiro atoms. The smallest absolute Gasteiger partial charge is 0.232 e. The van der Waals surface area contributed by atoms with Gasteiger partial charge in [0, 0.05) is 11.6 Å². The first kappa shape index (κ1) is 10.0. The molecule has 0 bridgehead atoms. The monoisotopic (exact) mass is 208 g/mol. The van der Waals surface area contributed by atoms with Crippen LogP contribution >= 0.6 is 0 Å². The summed E-state index contributed by atoms with van der Waals surface area (Å²) in [5, 5.41) is 0. The molecule has 1 aromatic carbocycles. The van der Waals surface area contributed by atoms with E-state index in [0.717, 1.165) is 0 Å². The zero-order valence-electron chi connectivity index (χ0n) is 8.45. The van der Waals surface area contributed by atoms with Gasteiger partial charge in [-0.15, -0.1) is 0 Å². The van der Waals surface area contributed by atoms with E-state index in [1.165, 1.54) is 10.7 Å². The maximum atomic E-state index is 13.7. The average Bonchev–Trinajstić information content (AvgIpc) is 2.17. The van der Waals surface area contributed by atoms with Gasteiger partial charge < -0.3 is 0 Å². The van der Waals surface area contributed by atoms with Crippen LogP contribution in [-0.2, 0) is 0 Å².